The molecule has 0 radical (unpaired) electrons. The zero-order chi connectivity index (χ0) is 22.1. The highest BCUT2D eigenvalue weighted by Gasteiger charge is 2.53. The number of methoxy groups -OCH3 is 1. The lowest BCUT2D eigenvalue weighted by Crippen LogP contribution is -2.52. The number of nitrogens with zero attached hydrogens (tertiary/aromatic N) is 1. The van der Waals surface area contributed by atoms with E-state index in [2.05, 4.69) is 51.3 Å². The van der Waals surface area contributed by atoms with Crippen molar-refractivity contribution in [2.24, 2.45) is 5.92 Å². The minimum absolute atomic E-state index is 0.0988. The van der Waals surface area contributed by atoms with Crippen molar-refractivity contribution in [3.8, 4) is 5.75 Å². The number of fused-ring (bicyclic) bond motifs is 1. The summed E-state index contributed by atoms with van der Waals surface area (Å²) < 4.78 is 11.8. The molecule has 2 fully saturated rings. The van der Waals surface area contributed by atoms with Crippen molar-refractivity contribution in [1.29, 1.82) is 0 Å². The van der Waals surface area contributed by atoms with Gasteiger partial charge in [0.2, 0.25) is 0 Å². The fraction of sp³-hybridized carbons (Fsp3) is 0.696. The van der Waals surface area contributed by atoms with Gasteiger partial charge < -0.3 is 19.6 Å². The Morgan fingerprint density at radius 3 is 2.47 bits per heavy atom. The SMILES string of the molecule is COc1ccc(CN[C@H]2[C@H]3CCC[C@H]3N(C(=O)O)[C@H]2CO[Si](C)(C)C(C)(C)C)cc1. The highest BCUT2D eigenvalue weighted by molar-refractivity contribution is 6.74. The van der Waals surface area contributed by atoms with Gasteiger partial charge in [0.1, 0.15) is 5.75 Å². The van der Waals surface area contributed by atoms with Gasteiger partial charge >= 0.3 is 6.09 Å². The Kier molecular flexibility index (Phi) is 6.84. The normalized spacial score (nSPS) is 26.7. The molecule has 3 rings (SSSR count). The minimum atomic E-state index is -1.96. The van der Waals surface area contributed by atoms with Gasteiger partial charge in [-0.3, -0.25) is 4.90 Å². The van der Waals surface area contributed by atoms with Crippen molar-refractivity contribution in [3.05, 3.63) is 29.8 Å². The fourth-order valence-electron chi connectivity index (χ4n) is 4.68. The minimum Gasteiger partial charge on any atom is -0.497 e. The van der Waals surface area contributed by atoms with E-state index in [4.69, 9.17) is 9.16 Å². The molecule has 1 saturated heterocycles. The third-order valence-corrected chi connectivity index (χ3v) is 12.0. The molecule has 0 unspecified atom stereocenters. The number of likely N-dealkylation sites (tertiary alicyclic amines) is 1. The van der Waals surface area contributed by atoms with Crippen molar-refractivity contribution in [3.63, 3.8) is 0 Å². The maximum absolute atomic E-state index is 12.2. The number of hydrogen-bond acceptors (Lipinski definition) is 4. The molecule has 1 saturated carbocycles. The van der Waals surface area contributed by atoms with Crippen LogP contribution in [-0.2, 0) is 11.0 Å². The average molecular weight is 435 g/mol. The first kappa shape index (κ1) is 23.1. The van der Waals surface area contributed by atoms with Crippen molar-refractivity contribution in [1.82, 2.24) is 10.2 Å². The Balaban J connectivity index is 1.77. The van der Waals surface area contributed by atoms with Crippen LogP contribution in [0, 0.1) is 5.92 Å². The summed E-state index contributed by atoms with van der Waals surface area (Å²) in [5, 5.41) is 13.8. The first-order valence-electron chi connectivity index (χ1n) is 11.1. The van der Waals surface area contributed by atoms with Crippen molar-refractivity contribution < 1.29 is 19.1 Å². The second kappa shape index (κ2) is 8.89. The summed E-state index contributed by atoms with van der Waals surface area (Å²) >= 11 is 0. The van der Waals surface area contributed by atoms with Gasteiger partial charge in [0, 0.05) is 18.6 Å². The standard InChI is InChI=1S/C23H38N2O4Si/c1-23(2,3)30(5,6)29-15-20-21(18-8-7-9-19(18)25(20)22(26)27)24-14-16-10-12-17(28-4)13-11-16/h10-13,18-21,24H,7-9,14-15H2,1-6H3,(H,26,27)/t18-,19+,20-,21-/m0/s1. The molecule has 2 aliphatic rings. The summed E-state index contributed by atoms with van der Waals surface area (Å²) in [6.45, 7) is 12.3. The predicted molar refractivity (Wildman–Crippen MR) is 122 cm³/mol. The second-order valence-corrected chi connectivity index (χ2v) is 15.1. The van der Waals surface area contributed by atoms with E-state index < -0.39 is 14.4 Å². The highest BCUT2D eigenvalue weighted by Crippen LogP contribution is 2.43. The van der Waals surface area contributed by atoms with Gasteiger partial charge in [-0.15, -0.1) is 0 Å². The third-order valence-electron chi connectivity index (χ3n) is 7.46. The molecule has 0 bridgehead atoms. The topological polar surface area (TPSA) is 71.0 Å². The Morgan fingerprint density at radius 1 is 1.23 bits per heavy atom. The number of carboxylic acid groups (broad SMARTS) is 1. The zero-order valence-electron chi connectivity index (χ0n) is 19.3. The number of amides is 1. The van der Waals surface area contributed by atoms with Crippen molar-refractivity contribution >= 4 is 14.4 Å². The Bertz CT molecular complexity index is 732. The lowest BCUT2D eigenvalue weighted by molar-refractivity contribution is 0.0957. The zero-order valence-corrected chi connectivity index (χ0v) is 20.3. The van der Waals surface area contributed by atoms with Crippen LogP contribution in [0.15, 0.2) is 24.3 Å². The summed E-state index contributed by atoms with van der Waals surface area (Å²) in [4.78, 5) is 13.9. The molecule has 0 aromatic heterocycles. The van der Waals surface area contributed by atoms with Gasteiger partial charge in [0.25, 0.3) is 0 Å². The van der Waals surface area contributed by atoms with E-state index in [1.54, 1.807) is 12.0 Å². The summed E-state index contributed by atoms with van der Waals surface area (Å²) in [6.07, 6.45) is 2.30. The second-order valence-electron chi connectivity index (χ2n) is 10.2. The van der Waals surface area contributed by atoms with Crippen LogP contribution in [-0.4, -0.2) is 56.3 Å². The van der Waals surface area contributed by atoms with E-state index in [-0.39, 0.29) is 23.2 Å². The molecule has 30 heavy (non-hydrogen) atoms. The van der Waals surface area contributed by atoms with Crippen LogP contribution >= 0.6 is 0 Å². The van der Waals surface area contributed by atoms with Gasteiger partial charge in [-0.2, -0.15) is 0 Å². The predicted octanol–water partition coefficient (Wildman–Crippen LogP) is 4.71. The number of nitrogens with one attached hydrogen (secondary N) is 1. The molecule has 1 aromatic carbocycles. The van der Waals surface area contributed by atoms with Crippen LogP contribution in [0.25, 0.3) is 0 Å². The Labute approximate surface area is 182 Å². The van der Waals surface area contributed by atoms with Gasteiger partial charge in [-0.25, -0.2) is 4.79 Å². The summed E-state index contributed by atoms with van der Waals surface area (Å²) in [5.74, 6) is 1.19. The highest BCUT2D eigenvalue weighted by atomic mass is 28.4. The Hall–Kier alpha value is -1.57. The molecule has 2 N–H and O–H groups in total. The van der Waals surface area contributed by atoms with Gasteiger partial charge in [0.15, 0.2) is 8.32 Å². The molecule has 4 atom stereocenters. The van der Waals surface area contributed by atoms with Crippen LogP contribution in [0.2, 0.25) is 18.1 Å². The van der Waals surface area contributed by atoms with Gasteiger partial charge in [-0.05, 0) is 54.6 Å². The molecule has 1 aliphatic carbocycles. The number of benzene rings is 1. The number of carbonyl (C=O) groups is 1. The van der Waals surface area contributed by atoms with Crippen LogP contribution in [0.4, 0.5) is 4.79 Å². The van der Waals surface area contributed by atoms with Gasteiger partial charge in [-0.1, -0.05) is 39.3 Å². The van der Waals surface area contributed by atoms with E-state index in [1.807, 2.05) is 12.1 Å². The van der Waals surface area contributed by atoms with Crippen LogP contribution in [0.3, 0.4) is 0 Å². The summed E-state index contributed by atoms with van der Waals surface area (Å²) in [5.41, 5.74) is 1.17. The van der Waals surface area contributed by atoms with Crippen molar-refractivity contribution in [2.75, 3.05) is 13.7 Å². The lowest BCUT2D eigenvalue weighted by atomic mass is 9.95. The molecule has 1 amide bonds. The monoisotopic (exact) mass is 434 g/mol. The summed E-state index contributed by atoms with van der Waals surface area (Å²) in [7, 11) is -0.295. The average Bonchev–Trinajstić information content (AvgIpc) is 3.24. The van der Waals surface area contributed by atoms with Crippen LogP contribution in [0.1, 0.15) is 45.6 Å². The van der Waals surface area contributed by atoms with Gasteiger partial charge in [0.05, 0.1) is 19.8 Å². The van der Waals surface area contributed by atoms with E-state index in [0.29, 0.717) is 19.1 Å². The molecular weight excluding hydrogens is 396 g/mol. The molecule has 1 heterocycles. The van der Waals surface area contributed by atoms with Crippen molar-refractivity contribution in [2.45, 2.75) is 82.8 Å². The van der Waals surface area contributed by atoms with E-state index in [1.165, 1.54) is 5.56 Å². The molecule has 168 valence electrons. The lowest BCUT2D eigenvalue weighted by Gasteiger charge is -2.39. The van der Waals surface area contributed by atoms with E-state index in [0.717, 1.165) is 25.0 Å². The maximum atomic E-state index is 12.2. The number of rotatable bonds is 7. The fourth-order valence-corrected chi connectivity index (χ4v) is 5.70. The van der Waals surface area contributed by atoms with Crippen LogP contribution < -0.4 is 10.1 Å². The Morgan fingerprint density at radius 2 is 1.90 bits per heavy atom. The first-order chi connectivity index (χ1) is 14.0. The number of ether oxygens (including phenoxy) is 1. The quantitative estimate of drug-likeness (QED) is 0.608. The first-order valence-corrected chi connectivity index (χ1v) is 14.0. The third kappa shape index (κ3) is 4.68. The smallest absolute Gasteiger partial charge is 0.407 e. The molecule has 1 aromatic rings. The van der Waals surface area contributed by atoms with Crippen LogP contribution in [0.5, 0.6) is 5.75 Å². The summed E-state index contributed by atoms with van der Waals surface area (Å²) in [6, 6.07) is 8.11. The molecule has 6 nitrogen and oxygen atoms in total. The number of hydrogen-bond donors (Lipinski definition) is 2. The molecule has 1 aliphatic heterocycles. The molecule has 0 spiro atoms. The maximum Gasteiger partial charge on any atom is 0.407 e. The van der Waals surface area contributed by atoms with E-state index in [9.17, 15) is 9.90 Å². The molecular formula is C23H38N2O4Si. The van der Waals surface area contributed by atoms with E-state index >= 15 is 0 Å². The largest absolute Gasteiger partial charge is 0.497 e. The molecule has 7 heteroatoms.